The number of carbonyl (C=O) groups is 3. The Kier molecular flexibility index (Phi) is 5.47. The van der Waals surface area contributed by atoms with Gasteiger partial charge >= 0.3 is 11.9 Å². The molecular formula is C24H25NO5S. The van der Waals surface area contributed by atoms with Gasteiger partial charge in [-0.1, -0.05) is 35.9 Å². The van der Waals surface area contributed by atoms with Gasteiger partial charge in [0.1, 0.15) is 10.6 Å². The van der Waals surface area contributed by atoms with Gasteiger partial charge in [0.25, 0.3) is 0 Å². The van der Waals surface area contributed by atoms with Gasteiger partial charge in [0.2, 0.25) is 5.91 Å². The van der Waals surface area contributed by atoms with E-state index >= 15 is 0 Å². The van der Waals surface area contributed by atoms with Crippen molar-refractivity contribution in [2.75, 3.05) is 12.4 Å². The van der Waals surface area contributed by atoms with Crippen LogP contribution in [0, 0.1) is 44.4 Å². The number of allylic oxidation sites excluding steroid dienone is 2. The zero-order valence-electron chi connectivity index (χ0n) is 17.9. The van der Waals surface area contributed by atoms with E-state index in [2.05, 4.69) is 5.32 Å². The molecule has 0 spiro atoms. The monoisotopic (exact) mass is 439 g/mol. The lowest BCUT2D eigenvalue weighted by Crippen LogP contribution is -2.36. The van der Waals surface area contributed by atoms with Gasteiger partial charge in [-0.05, 0) is 50.2 Å². The lowest BCUT2D eigenvalue weighted by atomic mass is 9.82. The molecule has 7 heteroatoms. The minimum atomic E-state index is -0.955. The molecule has 0 unspecified atom stereocenters. The molecule has 2 aliphatic carbocycles. The highest BCUT2D eigenvalue weighted by molar-refractivity contribution is 7.17. The Balaban J connectivity index is 1.74. The molecule has 0 saturated heterocycles. The fourth-order valence-electron chi connectivity index (χ4n) is 5.06. The van der Waals surface area contributed by atoms with E-state index in [0.717, 1.165) is 27.1 Å². The Morgan fingerprint density at radius 3 is 2.39 bits per heavy atom. The maximum absolute atomic E-state index is 13.2. The summed E-state index contributed by atoms with van der Waals surface area (Å²) in [6.45, 7) is 5.90. The molecule has 2 aliphatic rings. The van der Waals surface area contributed by atoms with Crippen LogP contribution >= 0.6 is 11.3 Å². The van der Waals surface area contributed by atoms with Crippen molar-refractivity contribution in [3.05, 3.63) is 51.9 Å². The SMILES string of the molecule is COC(=O)c1c(NC(=O)[C@@H]2[C@@H](C(=O)O)[C@H]3C=C[C@H]2C3)sc(C)c1-c1ccc(C)cc1C. The number of esters is 1. The van der Waals surface area contributed by atoms with Gasteiger partial charge < -0.3 is 15.2 Å². The number of ether oxygens (including phenoxy) is 1. The number of rotatable bonds is 5. The van der Waals surface area contributed by atoms with Crippen LogP contribution in [-0.4, -0.2) is 30.1 Å². The average molecular weight is 440 g/mol. The van der Waals surface area contributed by atoms with Crippen molar-refractivity contribution < 1.29 is 24.2 Å². The van der Waals surface area contributed by atoms with Crippen molar-refractivity contribution in [2.45, 2.75) is 27.2 Å². The lowest BCUT2D eigenvalue weighted by molar-refractivity contribution is -0.146. The Morgan fingerprint density at radius 1 is 1.10 bits per heavy atom. The van der Waals surface area contributed by atoms with Crippen LogP contribution in [0.1, 0.15) is 32.8 Å². The Hall–Kier alpha value is -2.93. The summed E-state index contributed by atoms with van der Waals surface area (Å²) in [4.78, 5) is 38.6. The molecule has 1 fully saturated rings. The molecule has 162 valence electrons. The number of thiophene rings is 1. The zero-order chi connectivity index (χ0) is 22.4. The molecule has 1 amide bonds. The number of hydrogen-bond acceptors (Lipinski definition) is 5. The molecule has 4 rings (SSSR count). The van der Waals surface area contributed by atoms with E-state index < -0.39 is 23.8 Å². The number of carboxylic acids is 1. The number of hydrogen-bond donors (Lipinski definition) is 2. The standard InChI is InChI=1S/C24H25NO5S/c1-11-5-8-16(12(2)9-11)17-13(3)31-22(20(17)24(29)30-4)25-21(26)18-14-6-7-15(10-14)19(18)23(27)28/h5-9,14-15,18-19H,10H2,1-4H3,(H,25,26)(H,27,28)/t14-,15-,18-,19-/m0/s1. The first-order valence-corrected chi connectivity index (χ1v) is 11.1. The molecule has 2 aromatic rings. The maximum atomic E-state index is 13.2. The normalized spacial score (nSPS) is 23.7. The quantitative estimate of drug-likeness (QED) is 0.525. The highest BCUT2D eigenvalue weighted by Gasteiger charge is 2.51. The second-order valence-electron chi connectivity index (χ2n) is 8.37. The van der Waals surface area contributed by atoms with Gasteiger partial charge in [0.15, 0.2) is 0 Å². The largest absolute Gasteiger partial charge is 0.481 e. The van der Waals surface area contributed by atoms with E-state index in [-0.39, 0.29) is 17.7 Å². The number of fused-ring (bicyclic) bond motifs is 2. The van der Waals surface area contributed by atoms with E-state index in [0.29, 0.717) is 17.0 Å². The molecular weight excluding hydrogens is 414 g/mol. The van der Waals surface area contributed by atoms with Crippen LogP contribution < -0.4 is 5.32 Å². The third-order valence-electron chi connectivity index (χ3n) is 6.41. The molecule has 0 aliphatic heterocycles. The second kappa shape index (κ2) is 7.96. The predicted molar refractivity (Wildman–Crippen MR) is 119 cm³/mol. The van der Waals surface area contributed by atoms with Crippen LogP contribution in [0.5, 0.6) is 0 Å². The highest BCUT2D eigenvalue weighted by atomic mass is 32.1. The zero-order valence-corrected chi connectivity index (χ0v) is 18.7. The minimum absolute atomic E-state index is 0.0902. The topological polar surface area (TPSA) is 92.7 Å². The van der Waals surface area contributed by atoms with Crippen molar-refractivity contribution in [3.63, 3.8) is 0 Å². The third kappa shape index (κ3) is 3.57. The first kappa shape index (κ1) is 21.3. The predicted octanol–water partition coefficient (Wildman–Crippen LogP) is 4.59. The van der Waals surface area contributed by atoms with Gasteiger partial charge in [-0.25, -0.2) is 4.79 Å². The van der Waals surface area contributed by atoms with Crippen molar-refractivity contribution in [2.24, 2.45) is 23.7 Å². The molecule has 2 N–H and O–H groups in total. The smallest absolute Gasteiger partial charge is 0.341 e. The number of aliphatic carboxylic acids is 1. The van der Waals surface area contributed by atoms with Crippen LogP contribution in [-0.2, 0) is 14.3 Å². The van der Waals surface area contributed by atoms with Gasteiger partial charge in [0.05, 0.1) is 18.9 Å². The van der Waals surface area contributed by atoms with Crippen LogP contribution in [0.4, 0.5) is 5.00 Å². The number of carboxylic acid groups (broad SMARTS) is 1. The van der Waals surface area contributed by atoms with Gasteiger partial charge in [0, 0.05) is 10.4 Å². The van der Waals surface area contributed by atoms with Crippen LogP contribution in [0.25, 0.3) is 11.1 Å². The summed E-state index contributed by atoms with van der Waals surface area (Å²) in [6.07, 6.45) is 4.52. The number of amides is 1. The number of benzene rings is 1. The van der Waals surface area contributed by atoms with E-state index in [4.69, 9.17) is 4.74 Å². The molecule has 1 saturated carbocycles. The van der Waals surface area contributed by atoms with Crippen molar-refractivity contribution in [1.29, 1.82) is 0 Å². The van der Waals surface area contributed by atoms with E-state index in [9.17, 15) is 19.5 Å². The summed E-state index contributed by atoms with van der Waals surface area (Å²) >= 11 is 1.31. The van der Waals surface area contributed by atoms with E-state index in [1.165, 1.54) is 18.4 Å². The van der Waals surface area contributed by atoms with Gasteiger partial charge in [-0.3, -0.25) is 9.59 Å². The molecule has 4 atom stereocenters. The summed E-state index contributed by atoms with van der Waals surface area (Å²) in [6, 6.07) is 6.00. The third-order valence-corrected chi connectivity index (χ3v) is 7.43. The molecule has 1 heterocycles. The Bertz CT molecular complexity index is 1120. The summed E-state index contributed by atoms with van der Waals surface area (Å²) in [5.74, 6) is -3.44. The van der Waals surface area contributed by atoms with Gasteiger partial charge in [-0.15, -0.1) is 11.3 Å². The van der Waals surface area contributed by atoms with Crippen molar-refractivity contribution in [1.82, 2.24) is 0 Å². The molecule has 1 aromatic heterocycles. The number of nitrogens with one attached hydrogen (secondary N) is 1. The summed E-state index contributed by atoms with van der Waals surface area (Å²) < 4.78 is 5.04. The number of carbonyl (C=O) groups excluding carboxylic acids is 2. The number of anilines is 1. The summed E-state index contributed by atoms with van der Waals surface area (Å²) in [5, 5.41) is 12.9. The first-order valence-electron chi connectivity index (χ1n) is 10.2. The molecule has 2 bridgehead atoms. The Labute approximate surface area is 184 Å². The average Bonchev–Trinajstić information content (AvgIpc) is 3.40. The van der Waals surface area contributed by atoms with Crippen LogP contribution in [0.15, 0.2) is 30.4 Å². The molecule has 1 aromatic carbocycles. The molecule has 31 heavy (non-hydrogen) atoms. The number of methoxy groups -OCH3 is 1. The molecule has 0 radical (unpaired) electrons. The lowest BCUT2D eigenvalue weighted by Gasteiger charge is -2.23. The van der Waals surface area contributed by atoms with Crippen molar-refractivity contribution >= 4 is 34.2 Å². The van der Waals surface area contributed by atoms with E-state index in [1.807, 2.05) is 51.1 Å². The van der Waals surface area contributed by atoms with E-state index in [1.54, 1.807) is 0 Å². The fourth-order valence-corrected chi connectivity index (χ4v) is 6.12. The summed E-state index contributed by atoms with van der Waals surface area (Å²) in [5.41, 5.74) is 4.11. The fraction of sp³-hybridized carbons (Fsp3) is 0.375. The van der Waals surface area contributed by atoms with Crippen LogP contribution in [0.2, 0.25) is 0 Å². The maximum Gasteiger partial charge on any atom is 0.341 e. The first-order chi connectivity index (χ1) is 14.7. The number of aryl methyl sites for hydroxylation is 3. The summed E-state index contributed by atoms with van der Waals surface area (Å²) in [7, 11) is 1.31. The Morgan fingerprint density at radius 2 is 1.77 bits per heavy atom. The molecule has 6 nitrogen and oxygen atoms in total. The van der Waals surface area contributed by atoms with Crippen molar-refractivity contribution in [3.8, 4) is 11.1 Å². The second-order valence-corrected chi connectivity index (χ2v) is 9.60. The van der Waals surface area contributed by atoms with Crippen LogP contribution in [0.3, 0.4) is 0 Å². The highest BCUT2D eigenvalue weighted by Crippen LogP contribution is 2.49. The van der Waals surface area contributed by atoms with Gasteiger partial charge in [-0.2, -0.15) is 0 Å². The minimum Gasteiger partial charge on any atom is -0.481 e.